The van der Waals surface area contributed by atoms with Gasteiger partial charge in [0.05, 0.1) is 0 Å². The molecule has 0 saturated carbocycles. The second kappa shape index (κ2) is 6.95. The van der Waals surface area contributed by atoms with Gasteiger partial charge in [0, 0.05) is 16.6 Å². The van der Waals surface area contributed by atoms with E-state index in [-0.39, 0.29) is 6.04 Å². The summed E-state index contributed by atoms with van der Waals surface area (Å²) in [5.41, 5.74) is 1.73. The summed E-state index contributed by atoms with van der Waals surface area (Å²) in [6.45, 7) is 2.79. The Morgan fingerprint density at radius 1 is 1.10 bits per heavy atom. The van der Waals surface area contributed by atoms with E-state index < -0.39 is 11.6 Å². The summed E-state index contributed by atoms with van der Waals surface area (Å²) in [5, 5.41) is 3.35. The van der Waals surface area contributed by atoms with Gasteiger partial charge in [-0.1, -0.05) is 41.1 Å². The van der Waals surface area contributed by atoms with Crippen LogP contribution in [-0.2, 0) is 6.42 Å². The van der Waals surface area contributed by atoms with Gasteiger partial charge in [0.25, 0.3) is 0 Å². The number of halogens is 3. The summed E-state index contributed by atoms with van der Waals surface area (Å²) in [7, 11) is 0. The summed E-state index contributed by atoms with van der Waals surface area (Å²) in [4.78, 5) is 0. The zero-order valence-electron chi connectivity index (χ0n) is 11.2. The number of rotatable bonds is 5. The van der Waals surface area contributed by atoms with Gasteiger partial charge in [-0.25, -0.2) is 8.78 Å². The highest BCUT2D eigenvalue weighted by Gasteiger charge is 2.14. The van der Waals surface area contributed by atoms with E-state index in [0.717, 1.165) is 22.6 Å². The Balaban J connectivity index is 2.28. The van der Waals surface area contributed by atoms with Crippen LogP contribution < -0.4 is 5.32 Å². The Hall–Kier alpha value is -1.26. The SMILES string of the molecule is CCNC(Cc1cc(F)cc(F)c1)c1ccccc1Br. The monoisotopic (exact) mass is 339 g/mol. The van der Waals surface area contributed by atoms with E-state index >= 15 is 0 Å². The van der Waals surface area contributed by atoms with Crippen molar-refractivity contribution in [2.24, 2.45) is 0 Å². The Kier molecular flexibility index (Phi) is 5.26. The highest BCUT2D eigenvalue weighted by molar-refractivity contribution is 9.10. The van der Waals surface area contributed by atoms with Crippen LogP contribution in [0.5, 0.6) is 0 Å². The smallest absolute Gasteiger partial charge is 0.126 e. The van der Waals surface area contributed by atoms with Crippen molar-refractivity contribution < 1.29 is 8.78 Å². The fourth-order valence-electron chi connectivity index (χ4n) is 2.26. The van der Waals surface area contributed by atoms with Gasteiger partial charge >= 0.3 is 0 Å². The first-order chi connectivity index (χ1) is 9.60. The van der Waals surface area contributed by atoms with Gasteiger partial charge in [-0.05, 0) is 42.3 Å². The van der Waals surface area contributed by atoms with E-state index in [2.05, 4.69) is 21.2 Å². The maximum absolute atomic E-state index is 13.3. The summed E-state index contributed by atoms with van der Waals surface area (Å²) in [6, 6.07) is 11.5. The van der Waals surface area contributed by atoms with Crippen molar-refractivity contribution in [1.29, 1.82) is 0 Å². The lowest BCUT2D eigenvalue weighted by Gasteiger charge is -2.20. The van der Waals surface area contributed by atoms with Gasteiger partial charge in [-0.3, -0.25) is 0 Å². The van der Waals surface area contributed by atoms with Crippen molar-refractivity contribution in [3.63, 3.8) is 0 Å². The topological polar surface area (TPSA) is 12.0 Å². The van der Waals surface area contributed by atoms with E-state index in [0.29, 0.717) is 12.0 Å². The van der Waals surface area contributed by atoms with Crippen LogP contribution >= 0.6 is 15.9 Å². The Morgan fingerprint density at radius 3 is 2.35 bits per heavy atom. The first kappa shape index (κ1) is 15.1. The second-order valence-electron chi connectivity index (χ2n) is 4.61. The molecule has 1 unspecified atom stereocenters. The van der Waals surface area contributed by atoms with Crippen LogP contribution in [-0.4, -0.2) is 6.54 Å². The minimum absolute atomic E-state index is 0.0109. The molecule has 0 amide bonds. The fourth-order valence-corrected chi connectivity index (χ4v) is 2.82. The summed E-state index contributed by atoms with van der Waals surface area (Å²) >= 11 is 3.52. The third kappa shape index (κ3) is 3.87. The Morgan fingerprint density at radius 2 is 1.75 bits per heavy atom. The summed E-state index contributed by atoms with van der Waals surface area (Å²) in [6.07, 6.45) is 0.533. The maximum Gasteiger partial charge on any atom is 0.126 e. The number of likely N-dealkylation sites (N-methyl/N-ethyl adjacent to an activating group) is 1. The van der Waals surface area contributed by atoms with Crippen molar-refractivity contribution in [3.8, 4) is 0 Å². The number of benzene rings is 2. The van der Waals surface area contributed by atoms with Crippen LogP contribution in [0.2, 0.25) is 0 Å². The molecule has 0 aliphatic heterocycles. The molecular weight excluding hydrogens is 324 g/mol. The molecule has 1 atom stereocenters. The molecule has 0 aromatic heterocycles. The average Bonchev–Trinajstić information content (AvgIpc) is 2.37. The van der Waals surface area contributed by atoms with Crippen molar-refractivity contribution in [2.75, 3.05) is 6.54 Å². The Labute approximate surface area is 126 Å². The van der Waals surface area contributed by atoms with E-state index in [1.807, 2.05) is 31.2 Å². The van der Waals surface area contributed by atoms with Crippen LogP contribution in [0.1, 0.15) is 24.1 Å². The first-order valence-electron chi connectivity index (χ1n) is 6.53. The molecule has 0 saturated heterocycles. The molecule has 106 valence electrons. The third-order valence-corrected chi connectivity index (χ3v) is 3.82. The maximum atomic E-state index is 13.3. The fraction of sp³-hybridized carbons (Fsp3) is 0.250. The molecule has 2 rings (SSSR count). The normalized spacial score (nSPS) is 12.4. The zero-order valence-corrected chi connectivity index (χ0v) is 12.8. The van der Waals surface area contributed by atoms with Crippen molar-refractivity contribution in [1.82, 2.24) is 5.32 Å². The van der Waals surface area contributed by atoms with Crippen molar-refractivity contribution >= 4 is 15.9 Å². The van der Waals surface area contributed by atoms with Crippen LogP contribution in [0.4, 0.5) is 8.78 Å². The van der Waals surface area contributed by atoms with Crippen LogP contribution in [0, 0.1) is 11.6 Å². The van der Waals surface area contributed by atoms with E-state index in [9.17, 15) is 8.78 Å². The summed E-state index contributed by atoms with van der Waals surface area (Å²) < 4.78 is 27.5. The molecule has 0 aliphatic carbocycles. The predicted octanol–water partition coefficient (Wildman–Crippen LogP) is 4.62. The summed E-state index contributed by atoms with van der Waals surface area (Å²) in [5.74, 6) is -1.08. The molecule has 4 heteroatoms. The molecule has 0 fully saturated rings. The van der Waals surface area contributed by atoms with E-state index in [1.54, 1.807) is 0 Å². The highest BCUT2D eigenvalue weighted by Crippen LogP contribution is 2.26. The molecule has 2 aromatic carbocycles. The molecule has 2 aromatic rings. The van der Waals surface area contributed by atoms with E-state index in [4.69, 9.17) is 0 Å². The molecular formula is C16H16BrF2N. The van der Waals surface area contributed by atoms with Gasteiger partial charge in [-0.15, -0.1) is 0 Å². The van der Waals surface area contributed by atoms with E-state index in [1.165, 1.54) is 12.1 Å². The molecule has 0 radical (unpaired) electrons. The highest BCUT2D eigenvalue weighted by atomic mass is 79.9. The van der Waals surface area contributed by atoms with Crippen LogP contribution in [0.25, 0.3) is 0 Å². The predicted molar refractivity (Wildman–Crippen MR) is 80.6 cm³/mol. The van der Waals surface area contributed by atoms with Gasteiger partial charge in [0.1, 0.15) is 11.6 Å². The largest absolute Gasteiger partial charge is 0.310 e. The average molecular weight is 340 g/mol. The third-order valence-electron chi connectivity index (χ3n) is 3.09. The number of nitrogens with one attached hydrogen (secondary N) is 1. The molecule has 0 spiro atoms. The van der Waals surface area contributed by atoms with Crippen molar-refractivity contribution in [2.45, 2.75) is 19.4 Å². The zero-order chi connectivity index (χ0) is 14.5. The molecule has 0 aliphatic rings. The second-order valence-corrected chi connectivity index (χ2v) is 5.47. The molecule has 1 N–H and O–H groups in total. The first-order valence-corrected chi connectivity index (χ1v) is 7.32. The molecule has 0 heterocycles. The lowest BCUT2D eigenvalue weighted by Crippen LogP contribution is -2.23. The molecule has 1 nitrogen and oxygen atoms in total. The van der Waals surface area contributed by atoms with Crippen LogP contribution in [0.15, 0.2) is 46.9 Å². The lowest BCUT2D eigenvalue weighted by molar-refractivity contribution is 0.537. The van der Waals surface area contributed by atoms with Gasteiger partial charge in [0.15, 0.2) is 0 Å². The van der Waals surface area contributed by atoms with Crippen molar-refractivity contribution in [3.05, 3.63) is 69.7 Å². The Bertz CT molecular complexity index is 566. The minimum atomic E-state index is -0.539. The van der Waals surface area contributed by atoms with Gasteiger partial charge < -0.3 is 5.32 Å². The lowest BCUT2D eigenvalue weighted by atomic mass is 9.98. The standard InChI is InChI=1S/C16H16BrF2N/c1-2-20-16(14-5-3-4-6-15(14)17)9-11-7-12(18)10-13(19)8-11/h3-8,10,16,20H,2,9H2,1H3. The van der Waals surface area contributed by atoms with Gasteiger partial charge in [-0.2, -0.15) is 0 Å². The van der Waals surface area contributed by atoms with Crippen LogP contribution in [0.3, 0.4) is 0 Å². The van der Waals surface area contributed by atoms with Gasteiger partial charge in [0.2, 0.25) is 0 Å². The molecule has 0 bridgehead atoms. The number of hydrogen-bond donors (Lipinski definition) is 1. The quantitative estimate of drug-likeness (QED) is 0.837. The number of hydrogen-bond acceptors (Lipinski definition) is 1. The molecule has 20 heavy (non-hydrogen) atoms. The minimum Gasteiger partial charge on any atom is -0.310 e.